The van der Waals surface area contributed by atoms with Crippen LogP contribution in [0.25, 0.3) is 11.1 Å². The topological polar surface area (TPSA) is 115 Å². The van der Waals surface area contributed by atoms with Crippen molar-refractivity contribution in [3.63, 3.8) is 0 Å². The van der Waals surface area contributed by atoms with Crippen LogP contribution in [0.15, 0.2) is 56.7 Å². The monoisotopic (exact) mass is 430 g/mol. The molecule has 1 aliphatic rings. The molecule has 0 aliphatic carbocycles. The Bertz CT molecular complexity index is 1230. The molecule has 30 heavy (non-hydrogen) atoms. The first-order valence-electron chi connectivity index (χ1n) is 9.63. The molecule has 3 aromatic rings. The van der Waals surface area contributed by atoms with Crippen molar-refractivity contribution in [3.8, 4) is 0 Å². The third kappa shape index (κ3) is 3.88. The first kappa shape index (κ1) is 20.3. The average molecular weight is 430 g/mol. The maximum absolute atomic E-state index is 13.1. The molecule has 3 heterocycles. The fraction of sp³-hybridized carbons (Fsp3) is 0.350. The number of nitrogens with one attached hydrogen (secondary N) is 1. The lowest BCUT2D eigenvalue weighted by molar-refractivity contribution is -0.126. The van der Waals surface area contributed by atoms with Crippen molar-refractivity contribution in [3.05, 3.63) is 58.8 Å². The lowest BCUT2D eigenvalue weighted by Gasteiger charge is -2.31. The van der Waals surface area contributed by atoms with E-state index in [0.29, 0.717) is 31.4 Å². The molecular weight excluding hydrogens is 408 g/mol. The molecule has 2 aromatic heterocycles. The smallest absolute Gasteiger partial charge is 0.408 e. The number of rotatable bonds is 5. The van der Waals surface area contributed by atoms with Gasteiger partial charge >= 0.3 is 5.76 Å². The average Bonchev–Trinajstić information content (AvgIpc) is 3.06. The zero-order chi connectivity index (χ0) is 21.3. The molecule has 0 saturated carbocycles. The van der Waals surface area contributed by atoms with Gasteiger partial charge in [0.1, 0.15) is 0 Å². The molecule has 158 valence electrons. The van der Waals surface area contributed by atoms with Crippen molar-refractivity contribution >= 4 is 27.0 Å². The SMILES string of the molecule is Cn1c(=O)oc2cc(S(=O)(=O)N3CCC[C@H](C(=O)NCc4ccccn4)C3)ccc21. The summed E-state index contributed by atoms with van der Waals surface area (Å²) in [5.74, 6) is -1.18. The third-order valence-corrected chi connectivity index (χ3v) is 7.19. The van der Waals surface area contributed by atoms with Crippen LogP contribution in [-0.4, -0.2) is 41.3 Å². The van der Waals surface area contributed by atoms with Crippen LogP contribution in [0.4, 0.5) is 0 Å². The number of fused-ring (bicyclic) bond motifs is 1. The summed E-state index contributed by atoms with van der Waals surface area (Å²) in [6, 6.07) is 9.82. The standard InChI is InChI=1S/C20H22N4O5S/c1-23-17-8-7-16(11-18(17)29-20(23)26)30(27,28)24-10-4-5-14(13-24)19(25)22-12-15-6-2-3-9-21-15/h2-3,6-9,11,14H,4-5,10,12-13H2,1H3,(H,22,25)/t14-/m0/s1. The van der Waals surface area contributed by atoms with Gasteiger partial charge in [0.25, 0.3) is 0 Å². The van der Waals surface area contributed by atoms with Crippen LogP contribution in [-0.2, 0) is 28.4 Å². The quantitative estimate of drug-likeness (QED) is 0.651. The summed E-state index contributed by atoms with van der Waals surface area (Å²) in [6.07, 6.45) is 2.86. The summed E-state index contributed by atoms with van der Waals surface area (Å²) in [6.45, 7) is 0.739. The second kappa shape index (κ2) is 8.04. The lowest BCUT2D eigenvalue weighted by atomic mass is 9.99. The van der Waals surface area contributed by atoms with Gasteiger partial charge in [0.05, 0.1) is 28.6 Å². The Balaban J connectivity index is 1.49. The zero-order valence-corrected chi connectivity index (χ0v) is 17.3. The molecular formula is C20H22N4O5S. The first-order chi connectivity index (χ1) is 14.4. The van der Waals surface area contributed by atoms with Gasteiger partial charge < -0.3 is 9.73 Å². The lowest BCUT2D eigenvalue weighted by Crippen LogP contribution is -2.45. The number of carbonyl (C=O) groups is 1. The predicted molar refractivity (Wildman–Crippen MR) is 109 cm³/mol. The van der Waals surface area contributed by atoms with E-state index in [-0.39, 0.29) is 22.9 Å². The summed E-state index contributed by atoms with van der Waals surface area (Å²) in [4.78, 5) is 28.5. The molecule has 9 nitrogen and oxygen atoms in total. The molecule has 0 radical (unpaired) electrons. The summed E-state index contributed by atoms with van der Waals surface area (Å²) in [5.41, 5.74) is 1.47. The van der Waals surface area contributed by atoms with Gasteiger partial charge in [0.2, 0.25) is 15.9 Å². The molecule has 1 atom stereocenters. The number of piperidine rings is 1. The van der Waals surface area contributed by atoms with Gasteiger partial charge in [-0.15, -0.1) is 0 Å². The van der Waals surface area contributed by atoms with Crippen LogP contribution in [0.3, 0.4) is 0 Å². The highest BCUT2D eigenvalue weighted by Gasteiger charge is 2.33. The molecule has 1 fully saturated rings. The summed E-state index contributed by atoms with van der Waals surface area (Å²) < 4.78 is 34.0. The minimum absolute atomic E-state index is 0.0406. The molecule has 0 spiro atoms. The van der Waals surface area contributed by atoms with E-state index in [0.717, 1.165) is 5.69 Å². The van der Waals surface area contributed by atoms with E-state index in [4.69, 9.17) is 4.42 Å². The van der Waals surface area contributed by atoms with Crippen LogP contribution < -0.4 is 11.1 Å². The Labute approximate surface area is 173 Å². The molecule has 1 amide bonds. The maximum atomic E-state index is 13.1. The van der Waals surface area contributed by atoms with Crippen molar-refractivity contribution in [2.45, 2.75) is 24.3 Å². The number of hydrogen-bond donors (Lipinski definition) is 1. The fourth-order valence-corrected chi connectivity index (χ4v) is 5.16. The van der Waals surface area contributed by atoms with Gasteiger partial charge in [-0.3, -0.25) is 14.3 Å². The number of aryl methyl sites for hydroxylation is 1. The van der Waals surface area contributed by atoms with Crippen molar-refractivity contribution < 1.29 is 17.6 Å². The highest BCUT2D eigenvalue weighted by atomic mass is 32.2. The van der Waals surface area contributed by atoms with Gasteiger partial charge in [0, 0.05) is 32.4 Å². The number of pyridine rings is 1. The van der Waals surface area contributed by atoms with Gasteiger partial charge in [-0.25, -0.2) is 13.2 Å². The van der Waals surface area contributed by atoms with E-state index in [1.807, 2.05) is 12.1 Å². The van der Waals surface area contributed by atoms with Gasteiger partial charge in [-0.1, -0.05) is 6.07 Å². The van der Waals surface area contributed by atoms with Gasteiger partial charge in [-0.2, -0.15) is 4.31 Å². The number of nitrogens with zero attached hydrogens (tertiary/aromatic N) is 3. The van der Waals surface area contributed by atoms with Crippen LogP contribution in [0, 0.1) is 5.92 Å². The molecule has 10 heteroatoms. The second-order valence-electron chi connectivity index (χ2n) is 7.30. The number of carbonyl (C=O) groups excluding carboxylic acids is 1. The number of sulfonamides is 1. The molecule has 1 N–H and O–H groups in total. The van der Waals surface area contributed by atoms with Crippen LogP contribution in [0.1, 0.15) is 18.5 Å². The third-order valence-electron chi connectivity index (χ3n) is 5.33. The van der Waals surface area contributed by atoms with E-state index in [1.165, 1.54) is 21.0 Å². The van der Waals surface area contributed by atoms with Gasteiger partial charge in [0.15, 0.2) is 5.58 Å². The molecule has 0 unspecified atom stereocenters. The van der Waals surface area contributed by atoms with Crippen molar-refractivity contribution in [2.24, 2.45) is 13.0 Å². The highest BCUT2D eigenvalue weighted by Crippen LogP contribution is 2.26. The molecule has 1 aliphatic heterocycles. The molecule has 4 rings (SSSR count). The second-order valence-corrected chi connectivity index (χ2v) is 9.24. The Morgan fingerprint density at radius 1 is 1.30 bits per heavy atom. The Morgan fingerprint density at radius 2 is 2.13 bits per heavy atom. The van der Waals surface area contributed by atoms with Crippen LogP contribution in [0.5, 0.6) is 0 Å². The fourth-order valence-electron chi connectivity index (χ4n) is 3.62. The minimum atomic E-state index is -3.82. The molecule has 1 saturated heterocycles. The maximum Gasteiger partial charge on any atom is 0.419 e. The summed E-state index contributed by atoms with van der Waals surface area (Å²) in [7, 11) is -2.26. The number of amides is 1. The number of benzene rings is 1. The normalized spacial score (nSPS) is 17.8. The zero-order valence-electron chi connectivity index (χ0n) is 16.4. The van der Waals surface area contributed by atoms with Crippen molar-refractivity contribution in [2.75, 3.05) is 13.1 Å². The number of oxazole rings is 1. The molecule has 0 bridgehead atoms. The Kier molecular flexibility index (Phi) is 5.44. The highest BCUT2D eigenvalue weighted by molar-refractivity contribution is 7.89. The summed E-state index contributed by atoms with van der Waals surface area (Å²) >= 11 is 0. The van der Waals surface area contributed by atoms with E-state index in [2.05, 4.69) is 10.3 Å². The van der Waals surface area contributed by atoms with E-state index >= 15 is 0 Å². The molecule has 1 aromatic carbocycles. The van der Waals surface area contributed by atoms with E-state index < -0.39 is 21.7 Å². The van der Waals surface area contributed by atoms with E-state index in [1.54, 1.807) is 25.4 Å². The number of hydrogen-bond acceptors (Lipinski definition) is 6. The Hall–Kier alpha value is -2.98. The Morgan fingerprint density at radius 3 is 2.90 bits per heavy atom. The predicted octanol–water partition coefficient (Wildman–Crippen LogP) is 1.24. The van der Waals surface area contributed by atoms with Gasteiger partial charge in [-0.05, 0) is 37.1 Å². The van der Waals surface area contributed by atoms with Crippen LogP contribution in [0.2, 0.25) is 0 Å². The van der Waals surface area contributed by atoms with Crippen LogP contribution >= 0.6 is 0 Å². The number of aromatic nitrogens is 2. The largest absolute Gasteiger partial charge is 0.419 e. The summed E-state index contributed by atoms with van der Waals surface area (Å²) in [5, 5.41) is 2.84. The van der Waals surface area contributed by atoms with E-state index in [9.17, 15) is 18.0 Å². The first-order valence-corrected chi connectivity index (χ1v) is 11.1. The van der Waals surface area contributed by atoms with Crippen molar-refractivity contribution in [1.82, 2.24) is 19.2 Å². The minimum Gasteiger partial charge on any atom is -0.408 e. The van der Waals surface area contributed by atoms with Crippen molar-refractivity contribution in [1.29, 1.82) is 0 Å².